The quantitative estimate of drug-likeness (QED) is 0.312. The number of ether oxygens (including phenoxy) is 1. The molecular weight excluding hydrogens is 394 g/mol. The van der Waals surface area contributed by atoms with Gasteiger partial charge in [-0.25, -0.2) is 4.79 Å². The van der Waals surface area contributed by atoms with E-state index in [1.54, 1.807) is 19.1 Å². The van der Waals surface area contributed by atoms with Crippen LogP contribution < -0.4 is 5.32 Å². The van der Waals surface area contributed by atoms with Crippen LogP contribution in [0.3, 0.4) is 0 Å². The van der Waals surface area contributed by atoms with Crippen molar-refractivity contribution in [3.05, 3.63) is 106 Å². The number of hydrogen-bond acceptors (Lipinski definition) is 3. The summed E-state index contributed by atoms with van der Waals surface area (Å²) in [5.74, 6) is 6.01. The van der Waals surface area contributed by atoms with Crippen LogP contribution in [0, 0.1) is 18.8 Å². The highest BCUT2D eigenvalue weighted by molar-refractivity contribution is 6.30. The van der Waals surface area contributed by atoms with Crippen molar-refractivity contribution in [3.63, 3.8) is 0 Å². The van der Waals surface area contributed by atoms with Gasteiger partial charge >= 0.3 is 5.97 Å². The molecule has 3 rings (SSSR count). The molecule has 4 heteroatoms. The third-order valence-corrected chi connectivity index (χ3v) is 4.52. The van der Waals surface area contributed by atoms with E-state index in [0.29, 0.717) is 17.3 Å². The van der Waals surface area contributed by atoms with Crippen LogP contribution in [0.15, 0.2) is 78.9 Å². The van der Waals surface area contributed by atoms with Crippen molar-refractivity contribution < 1.29 is 9.53 Å². The highest BCUT2D eigenvalue weighted by atomic mass is 35.5. The van der Waals surface area contributed by atoms with Gasteiger partial charge in [-0.2, -0.15) is 0 Å². The van der Waals surface area contributed by atoms with E-state index < -0.39 is 5.97 Å². The highest BCUT2D eigenvalue weighted by Gasteiger charge is 2.09. The van der Waals surface area contributed by atoms with Crippen molar-refractivity contribution in [2.75, 3.05) is 11.9 Å². The van der Waals surface area contributed by atoms with E-state index in [2.05, 4.69) is 17.2 Å². The fraction of sp³-hybridized carbons (Fsp3) is 0.115. The number of nitrogens with one attached hydrogen (secondary N) is 1. The molecule has 30 heavy (non-hydrogen) atoms. The largest absolute Gasteiger partial charge is 0.463 e. The zero-order valence-electron chi connectivity index (χ0n) is 16.9. The smallest absolute Gasteiger partial charge is 0.332 e. The summed E-state index contributed by atoms with van der Waals surface area (Å²) in [4.78, 5) is 12.1. The highest BCUT2D eigenvalue weighted by Crippen LogP contribution is 2.24. The van der Waals surface area contributed by atoms with Gasteiger partial charge in [-0.15, -0.1) is 0 Å². The summed E-state index contributed by atoms with van der Waals surface area (Å²) in [6.07, 6.45) is 1.45. The summed E-state index contributed by atoms with van der Waals surface area (Å²) in [7, 11) is 0. The minimum atomic E-state index is -0.418. The Labute approximate surface area is 182 Å². The van der Waals surface area contributed by atoms with E-state index in [1.807, 2.05) is 67.6 Å². The van der Waals surface area contributed by atoms with Crippen LogP contribution in [-0.4, -0.2) is 12.6 Å². The number of aryl methyl sites for hydroxylation is 1. The fourth-order valence-electron chi connectivity index (χ4n) is 2.80. The molecule has 0 aromatic heterocycles. The second-order valence-electron chi connectivity index (χ2n) is 6.61. The molecule has 3 nitrogen and oxygen atoms in total. The monoisotopic (exact) mass is 415 g/mol. The van der Waals surface area contributed by atoms with Crippen LogP contribution in [0.2, 0.25) is 5.02 Å². The van der Waals surface area contributed by atoms with Crippen molar-refractivity contribution in [3.8, 4) is 11.8 Å². The van der Waals surface area contributed by atoms with Gasteiger partial charge in [0.1, 0.15) is 0 Å². The molecular formula is C26H22ClNO2. The molecule has 0 fully saturated rings. The molecule has 0 saturated carbocycles. The van der Waals surface area contributed by atoms with Gasteiger partial charge in [0.15, 0.2) is 0 Å². The zero-order chi connectivity index (χ0) is 21.3. The number of anilines is 1. The van der Waals surface area contributed by atoms with E-state index in [4.69, 9.17) is 16.3 Å². The van der Waals surface area contributed by atoms with Crippen LogP contribution in [0.4, 0.5) is 5.69 Å². The molecule has 0 saturated heterocycles. The lowest BCUT2D eigenvalue weighted by molar-refractivity contribution is -0.137. The summed E-state index contributed by atoms with van der Waals surface area (Å²) in [5, 5.41) is 3.97. The van der Waals surface area contributed by atoms with Crippen LogP contribution in [0.25, 0.3) is 5.70 Å². The summed E-state index contributed by atoms with van der Waals surface area (Å²) in [6, 6.07) is 23.1. The Bertz CT molecular complexity index is 1110. The molecule has 0 aliphatic heterocycles. The van der Waals surface area contributed by atoms with E-state index in [-0.39, 0.29) is 0 Å². The van der Waals surface area contributed by atoms with E-state index in [9.17, 15) is 4.79 Å². The molecule has 0 atom stereocenters. The molecule has 3 aromatic rings. The summed E-state index contributed by atoms with van der Waals surface area (Å²) >= 11 is 6.02. The number of esters is 1. The van der Waals surface area contributed by atoms with Crippen molar-refractivity contribution in [1.82, 2.24) is 0 Å². The Balaban J connectivity index is 1.99. The molecule has 0 aliphatic carbocycles. The second-order valence-corrected chi connectivity index (χ2v) is 7.04. The van der Waals surface area contributed by atoms with E-state index in [1.165, 1.54) is 6.08 Å². The first-order valence-electron chi connectivity index (χ1n) is 9.64. The van der Waals surface area contributed by atoms with Gasteiger partial charge in [-0.1, -0.05) is 59.8 Å². The molecule has 0 radical (unpaired) electrons. The van der Waals surface area contributed by atoms with Gasteiger partial charge in [-0.3, -0.25) is 0 Å². The molecule has 0 heterocycles. The average Bonchev–Trinajstić information content (AvgIpc) is 2.75. The van der Waals surface area contributed by atoms with Gasteiger partial charge in [0.05, 0.1) is 18.0 Å². The Morgan fingerprint density at radius 2 is 1.77 bits per heavy atom. The third-order valence-electron chi connectivity index (χ3n) is 4.26. The van der Waals surface area contributed by atoms with Crippen molar-refractivity contribution >= 4 is 29.0 Å². The Morgan fingerprint density at radius 3 is 2.47 bits per heavy atom. The number of carbonyl (C=O) groups excluding carboxylic acids is 1. The summed E-state index contributed by atoms with van der Waals surface area (Å²) in [6.45, 7) is 4.10. The Morgan fingerprint density at radius 1 is 1.03 bits per heavy atom. The molecule has 0 spiro atoms. The standard InChI is InChI=1S/C26H22ClNO2/c1-3-30-26(29)18-25(21-12-14-23(27)15-13-21)28-24-16-9-19(2)17-22(24)11-10-20-7-5-4-6-8-20/h4-9,12-18,28H,3H2,1-2H3/b25-18-. The van der Waals surface area contributed by atoms with E-state index in [0.717, 1.165) is 27.9 Å². The lowest BCUT2D eigenvalue weighted by atomic mass is 10.1. The third kappa shape index (κ3) is 6.01. The minimum Gasteiger partial charge on any atom is -0.463 e. The molecule has 150 valence electrons. The maximum absolute atomic E-state index is 12.1. The van der Waals surface area contributed by atoms with Crippen LogP contribution in [-0.2, 0) is 9.53 Å². The van der Waals surface area contributed by atoms with Gasteiger partial charge in [0.2, 0.25) is 0 Å². The van der Waals surface area contributed by atoms with Gasteiger partial charge in [-0.05, 0) is 61.4 Å². The predicted octanol–water partition coefficient (Wildman–Crippen LogP) is 6.06. The lowest BCUT2D eigenvalue weighted by Crippen LogP contribution is -2.07. The number of halogens is 1. The molecule has 1 N–H and O–H groups in total. The first-order valence-corrected chi connectivity index (χ1v) is 10.0. The van der Waals surface area contributed by atoms with Gasteiger partial charge in [0, 0.05) is 22.2 Å². The molecule has 0 aliphatic rings. The van der Waals surface area contributed by atoms with Gasteiger partial charge in [0.25, 0.3) is 0 Å². The Kier molecular flexibility index (Phi) is 7.32. The topological polar surface area (TPSA) is 38.3 Å². The number of carbonyl (C=O) groups is 1. The average molecular weight is 416 g/mol. The summed E-state index contributed by atoms with van der Waals surface area (Å²) in [5.41, 5.74) is 5.09. The van der Waals surface area contributed by atoms with Crippen LogP contribution in [0.1, 0.15) is 29.2 Å². The fourth-order valence-corrected chi connectivity index (χ4v) is 2.93. The van der Waals surface area contributed by atoms with Crippen molar-refractivity contribution in [2.45, 2.75) is 13.8 Å². The first kappa shape index (κ1) is 21.2. The van der Waals surface area contributed by atoms with Crippen molar-refractivity contribution in [1.29, 1.82) is 0 Å². The molecule has 0 amide bonds. The minimum absolute atomic E-state index is 0.307. The lowest BCUT2D eigenvalue weighted by Gasteiger charge is -2.14. The molecule has 0 bridgehead atoms. The molecule has 3 aromatic carbocycles. The predicted molar refractivity (Wildman–Crippen MR) is 123 cm³/mol. The second kappa shape index (κ2) is 10.3. The van der Waals surface area contributed by atoms with Crippen LogP contribution in [0.5, 0.6) is 0 Å². The number of hydrogen-bond donors (Lipinski definition) is 1. The normalized spacial score (nSPS) is 10.7. The number of benzene rings is 3. The van der Waals surface area contributed by atoms with E-state index >= 15 is 0 Å². The van der Waals surface area contributed by atoms with Crippen LogP contribution >= 0.6 is 11.6 Å². The maximum atomic E-state index is 12.1. The number of rotatable bonds is 5. The first-order chi connectivity index (χ1) is 14.5. The zero-order valence-corrected chi connectivity index (χ0v) is 17.7. The van der Waals surface area contributed by atoms with Gasteiger partial charge < -0.3 is 10.1 Å². The maximum Gasteiger partial charge on any atom is 0.332 e. The Hall–Kier alpha value is -3.48. The van der Waals surface area contributed by atoms with Crippen molar-refractivity contribution in [2.24, 2.45) is 0 Å². The summed E-state index contributed by atoms with van der Waals surface area (Å²) < 4.78 is 5.10. The SMILES string of the molecule is CCOC(=O)/C=C(\Nc1ccc(C)cc1C#Cc1ccccc1)c1ccc(Cl)cc1. The molecule has 0 unspecified atom stereocenters.